The van der Waals surface area contributed by atoms with Gasteiger partial charge >= 0.3 is 5.69 Å². The molecule has 3 rings (SSSR count). The van der Waals surface area contributed by atoms with Crippen molar-refractivity contribution in [1.82, 2.24) is 9.55 Å². The summed E-state index contributed by atoms with van der Waals surface area (Å²) in [5, 5.41) is 9.74. The highest BCUT2D eigenvalue weighted by Crippen LogP contribution is 2.36. The standard InChI is InChI=1S/C10H12N2O5/c1-4-2-12(10(15)11-8(4)14)9-7-6(13)5(17-9)3-16-7/h2,5-7,9,13H,3H2,1H3,(H,11,14,15)/t5-,6+,7-,9+/m0/s1. The lowest BCUT2D eigenvalue weighted by Crippen LogP contribution is -2.39. The first-order chi connectivity index (χ1) is 8.08. The number of aromatic amines is 1. The van der Waals surface area contributed by atoms with Gasteiger partial charge in [0.05, 0.1) is 6.61 Å². The Kier molecular flexibility index (Phi) is 2.22. The van der Waals surface area contributed by atoms with Gasteiger partial charge in [-0.1, -0.05) is 0 Å². The van der Waals surface area contributed by atoms with Gasteiger partial charge in [0.1, 0.15) is 18.3 Å². The van der Waals surface area contributed by atoms with Crippen LogP contribution in [0.1, 0.15) is 11.8 Å². The van der Waals surface area contributed by atoms with Crippen molar-refractivity contribution in [3.8, 4) is 0 Å². The van der Waals surface area contributed by atoms with E-state index in [9.17, 15) is 14.7 Å². The molecular formula is C10H12N2O5. The summed E-state index contributed by atoms with van der Waals surface area (Å²) in [6.07, 6.45) is -0.930. The minimum atomic E-state index is -0.723. The Morgan fingerprint density at radius 1 is 1.53 bits per heavy atom. The van der Waals surface area contributed by atoms with Gasteiger partial charge in [-0.25, -0.2) is 4.79 Å². The van der Waals surface area contributed by atoms with Crippen molar-refractivity contribution in [3.05, 3.63) is 32.6 Å². The van der Waals surface area contributed by atoms with Crippen molar-refractivity contribution >= 4 is 0 Å². The van der Waals surface area contributed by atoms with Crippen LogP contribution in [-0.4, -0.2) is 39.6 Å². The number of H-pyrrole nitrogens is 1. The number of aromatic nitrogens is 2. The molecule has 0 amide bonds. The van der Waals surface area contributed by atoms with E-state index in [1.165, 1.54) is 10.8 Å². The first-order valence-corrected chi connectivity index (χ1v) is 5.35. The fraction of sp³-hybridized carbons (Fsp3) is 0.600. The molecular weight excluding hydrogens is 228 g/mol. The lowest BCUT2D eigenvalue weighted by Gasteiger charge is -2.23. The predicted molar refractivity (Wildman–Crippen MR) is 55.7 cm³/mol. The maximum absolute atomic E-state index is 11.7. The summed E-state index contributed by atoms with van der Waals surface area (Å²) in [7, 11) is 0. The molecule has 0 aromatic carbocycles. The Labute approximate surface area is 95.6 Å². The molecule has 2 bridgehead atoms. The third-order valence-corrected chi connectivity index (χ3v) is 3.19. The molecule has 2 aliphatic heterocycles. The lowest BCUT2D eigenvalue weighted by molar-refractivity contribution is -0.128. The summed E-state index contributed by atoms with van der Waals surface area (Å²) in [4.78, 5) is 25.1. The van der Waals surface area contributed by atoms with Crippen LogP contribution < -0.4 is 11.2 Å². The SMILES string of the molecule is Cc1cn([C@@H]2O[C@H]3CO[C@H]2[C@@H]3O)c(=O)[nH]c1=O. The number of nitrogens with zero attached hydrogens (tertiary/aromatic N) is 1. The van der Waals surface area contributed by atoms with Gasteiger partial charge in [0.25, 0.3) is 5.56 Å². The van der Waals surface area contributed by atoms with Crippen molar-refractivity contribution in [1.29, 1.82) is 0 Å². The van der Waals surface area contributed by atoms with Gasteiger partial charge < -0.3 is 14.6 Å². The van der Waals surface area contributed by atoms with Crippen LogP contribution in [0.2, 0.25) is 0 Å². The molecule has 0 aliphatic carbocycles. The normalized spacial score (nSPS) is 35.4. The molecule has 2 saturated heterocycles. The molecule has 92 valence electrons. The molecule has 17 heavy (non-hydrogen) atoms. The van der Waals surface area contributed by atoms with E-state index in [1.54, 1.807) is 6.92 Å². The number of rotatable bonds is 1. The fourth-order valence-corrected chi connectivity index (χ4v) is 2.24. The summed E-state index contributed by atoms with van der Waals surface area (Å²) in [5.74, 6) is 0. The maximum Gasteiger partial charge on any atom is 0.330 e. The molecule has 1 aromatic heterocycles. The van der Waals surface area contributed by atoms with Gasteiger partial charge in [-0.3, -0.25) is 14.3 Å². The Morgan fingerprint density at radius 3 is 2.88 bits per heavy atom. The van der Waals surface area contributed by atoms with Gasteiger partial charge in [-0.15, -0.1) is 0 Å². The summed E-state index contributed by atoms with van der Waals surface area (Å²) in [6.45, 7) is 1.93. The van der Waals surface area contributed by atoms with Crippen molar-refractivity contribution in [2.45, 2.75) is 31.5 Å². The minimum absolute atomic E-state index is 0.333. The Bertz CT molecular complexity index is 563. The summed E-state index contributed by atoms with van der Waals surface area (Å²) in [5.41, 5.74) is -0.574. The quantitative estimate of drug-likeness (QED) is 0.623. The number of fused-ring (bicyclic) bond motifs is 2. The Hall–Kier alpha value is -1.44. The monoisotopic (exact) mass is 240 g/mol. The molecule has 1 aromatic rings. The molecule has 0 unspecified atom stereocenters. The van der Waals surface area contributed by atoms with E-state index in [1.807, 2.05) is 0 Å². The predicted octanol–water partition coefficient (Wildman–Crippen LogP) is -1.50. The molecule has 0 saturated carbocycles. The number of hydrogen-bond acceptors (Lipinski definition) is 5. The van der Waals surface area contributed by atoms with Crippen LogP contribution in [0, 0.1) is 6.92 Å². The second-order valence-corrected chi connectivity index (χ2v) is 4.33. The van der Waals surface area contributed by atoms with Crippen molar-refractivity contribution in [3.63, 3.8) is 0 Å². The van der Waals surface area contributed by atoms with Gasteiger partial charge in [0, 0.05) is 11.8 Å². The lowest BCUT2D eigenvalue weighted by atomic mass is 10.2. The number of hydrogen-bond donors (Lipinski definition) is 2. The van der Waals surface area contributed by atoms with Crippen molar-refractivity contribution < 1.29 is 14.6 Å². The molecule has 2 fully saturated rings. The average Bonchev–Trinajstić information content (AvgIpc) is 2.79. The average molecular weight is 240 g/mol. The zero-order valence-electron chi connectivity index (χ0n) is 9.12. The van der Waals surface area contributed by atoms with Crippen molar-refractivity contribution in [2.24, 2.45) is 0 Å². The van der Waals surface area contributed by atoms with Gasteiger partial charge in [0.15, 0.2) is 6.23 Å². The van der Waals surface area contributed by atoms with E-state index < -0.39 is 35.8 Å². The molecule has 7 heteroatoms. The highest BCUT2D eigenvalue weighted by Gasteiger charge is 2.51. The molecule has 0 radical (unpaired) electrons. The molecule has 7 nitrogen and oxygen atoms in total. The fourth-order valence-electron chi connectivity index (χ4n) is 2.24. The van der Waals surface area contributed by atoms with Gasteiger partial charge in [-0.05, 0) is 6.92 Å². The first-order valence-electron chi connectivity index (χ1n) is 5.35. The number of nitrogens with one attached hydrogen (secondary N) is 1. The van der Waals surface area contributed by atoms with E-state index in [-0.39, 0.29) is 0 Å². The zero-order valence-corrected chi connectivity index (χ0v) is 9.12. The second-order valence-electron chi connectivity index (χ2n) is 4.33. The van der Waals surface area contributed by atoms with Crippen LogP contribution >= 0.6 is 0 Å². The van der Waals surface area contributed by atoms with Crippen LogP contribution in [-0.2, 0) is 9.47 Å². The highest BCUT2D eigenvalue weighted by atomic mass is 16.6. The second kappa shape index (κ2) is 3.52. The molecule has 2 aliphatic rings. The van der Waals surface area contributed by atoms with Crippen LogP contribution in [0.4, 0.5) is 0 Å². The Balaban J connectivity index is 2.04. The van der Waals surface area contributed by atoms with Crippen LogP contribution in [0.5, 0.6) is 0 Å². The minimum Gasteiger partial charge on any atom is -0.387 e. The van der Waals surface area contributed by atoms with Gasteiger partial charge in [-0.2, -0.15) is 0 Å². The summed E-state index contributed by atoms with van der Waals surface area (Å²) in [6, 6.07) is 0. The zero-order chi connectivity index (χ0) is 12.2. The van der Waals surface area contributed by atoms with Crippen molar-refractivity contribution in [2.75, 3.05) is 6.61 Å². The molecule has 2 N–H and O–H groups in total. The van der Waals surface area contributed by atoms with E-state index in [0.29, 0.717) is 12.2 Å². The number of aryl methyl sites for hydroxylation is 1. The van der Waals surface area contributed by atoms with Crippen LogP contribution in [0.15, 0.2) is 15.8 Å². The Morgan fingerprint density at radius 2 is 2.29 bits per heavy atom. The van der Waals surface area contributed by atoms with E-state index in [0.717, 1.165) is 0 Å². The number of ether oxygens (including phenoxy) is 2. The molecule has 0 spiro atoms. The third-order valence-electron chi connectivity index (χ3n) is 3.19. The van der Waals surface area contributed by atoms with Gasteiger partial charge in [0.2, 0.25) is 0 Å². The molecule has 3 heterocycles. The smallest absolute Gasteiger partial charge is 0.330 e. The maximum atomic E-state index is 11.7. The third kappa shape index (κ3) is 1.47. The summed E-state index contributed by atoms with van der Waals surface area (Å²) < 4.78 is 12.1. The molecule has 4 atom stereocenters. The van der Waals surface area contributed by atoms with E-state index in [2.05, 4.69) is 4.98 Å². The van der Waals surface area contributed by atoms with Crippen LogP contribution in [0.25, 0.3) is 0 Å². The number of aliphatic hydroxyl groups is 1. The number of aliphatic hydroxyl groups excluding tert-OH is 1. The van der Waals surface area contributed by atoms with E-state index in [4.69, 9.17) is 9.47 Å². The largest absolute Gasteiger partial charge is 0.387 e. The van der Waals surface area contributed by atoms with Crippen LogP contribution in [0.3, 0.4) is 0 Å². The first kappa shape index (κ1) is 10.7. The highest BCUT2D eigenvalue weighted by molar-refractivity contribution is 5.04. The topological polar surface area (TPSA) is 93.6 Å². The van der Waals surface area contributed by atoms with E-state index >= 15 is 0 Å². The summed E-state index contributed by atoms with van der Waals surface area (Å²) >= 11 is 0.